The topological polar surface area (TPSA) is 32.8 Å². The fraction of sp³-hybridized carbons (Fsp3) is 0.0769. The van der Waals surface area contributed by atoms with Gasteiger partial charge in [0.25, 0.3) is 0 Å². The third-order valence-corrected chi connectivity index (χ3v) is 11.4. The Morgan fingerprint density at radius 2 is 0.964 bits per heavy atom. The van der Waals surface area contributed by atoms with Crippen LogP contribution in [0, 0.1) is 13.8 Å². The Balaban J connectivity index is 0.970. The minimum atomic E-state index is 0.165. The SMILES string of the molecule is Cc1ccc(N(c2ccccc2)c2ccc3cc4c(cc3c2)oc2cc3c(cc24)oc2cc4c(cc23)C=CC(N(c2ccccc2)c2ccc(C)cc2)C4)cc1. The van der Waals surface area contributed by atoms with Crippen LogP contribution in [0.2, 0.25) is 0 Å². The first-order valence-electron chi connectivity index (χ1n) is 19.3. The molecule has 0 N–H and O–H groups in total. The highest BCUT2D eigenvalue weighted by Gasteiger charge is 2.25. The summed E-state index contributed by atoms with van der Waals surface area (Å²) < 4.78 is 13.3. The zero-order valence-electron chi connectivity index (χ0n) is 31.2. The zero-order valence-corrected chi connectivity index (χ0v) is 31.2. The molecule has 8 aromatic carbocycles. The van der Waals surface area contributed by atoms with Crippen molar-refractivity contribution in [3.8, 4) is 0 Å². The summed E-state index contributed by atoms with van der Waals surface area (Å²) in [5.74, 6) is 0. The zero-order chi connectivity index (χ0) is 37.3. The molecule has 0 spiro atoms. The summed E-state index contributed by atoms with van der Waals surface area (Å²) >= 11 is 0. The van der Waals surface area contributed by atoms with Crippen molar-refractivity contribution in [1.82, 2.24) is 0 Å². The van der Waals surface area contributed by atoms with Crippen LogP contribution in [0.3, 0.4) is 0 Å². The minimum absolute atomic E-state index is 0.165. The van der Waals surface area contributed by atoms with Gasteiger partial charge in [0, 0.05) is 50.0 Å². The van der Waals surface area contributed by atoms with E-state index >= 15 is 0 Å². The van der Waals surface area contributed by atoms with E-state index in [0.29, 0.717) is 0 Å². The van der Waals surface area contributed by atoms with E-state index in [-0.39, 0.29) is 6.04 Å². The average Bonchev–Trinajstić information content (AvgIpc) is 3.76. The molecule has 1 aliphatic rings. The predicted molar refractivity (Wildman–Crippen MR) is 234 cm³/mol. The quantitative estimate of drug-likeness (QED) is 0.171. The minimum Gasteiger partial charge on any atom is -0.456 e. The normalized spacial score (nSPS) is 13.9. The molecule has 1 atom stereocenters. The lowest BCUT2D eigenvalue weighted by atomic mass is 9.91. The van der Waals surface area contributed by atoms with Crippen molar-refractivity contribution in [3.05, 3.63) is 192 Å². The molecular formula is C52H38N2O2. The molecule has 10 aromatic rings. The second-order valence-corrected chi connectivity index (χ2v) is 15.2. The summed E-state index contributed by atoms with van der Waals surface area (Å²) in [5.41, 5.74) is 14.2. The number of benzene rings is 8. The van der Waals surface area contributed by atoms with Crippen LogP contribution < -0.4 is 9.80 Å². The van der Waals surface area contributed by atoms with Crippen LogP contribution in [-0.4, -0.2) is 6.04 Å². The van der Waals surface area contributed by atoms with E-state index in [0.717, 1.165) is 78.1 Å². The van der Waals surface area contributed by atoms with Crippen LogP contribution >= 0.6 is 0 Å². The molecule has 2 heterocycles. The van der Waals surface area contributed by atoms with Gasteiger partial charge in [-0.2, -0.15) is 0 Å². The molecule has 0 bridgehead atoms. The van der Waals surface area contributed by atoms with Crippen LogP contribution in [-0.2, 0) is 6.42 Å². The Morgan fingerprint density at radius 1 is 0.446 bits per heavy atom. The lowest BCUT2D eigenvalue weighted by molar-refractivity contribution is 0.663. The number of rotatable bonds is 6. The van der Waals surface area contributed by atoms with Gasteiger partial charge in [0.15, 0.2) is 0 Å². The molecule has 0 aliphatic heterocycles. The number of aryl methyl sites for hydroxylation is 2. The third kappa shape index (κ3) is 5.45. The van der Waals surface area contributed by atoms with Crippen molar-refractivity contribution in [3.63, 3.8) is 0 Å². The number of para-hydroxylation sites is 2. The van der Waals surface area contributed by atoms with Crippen LogP contribution in [0.15, 0.2) is 179 Å². The molecule has 0 fully saturated rings. The van der Waals surface area contributed by atoms with Crippen LogP contribution in [0.1, 0.15) is 22.3 Å². The first kappa shape index (κ1) is 32.4. The molecular weight excluding hydrogens is 685 g/mol. The molecule has 1 aliphatic carbocycles. The van der Waals surface area contributed by atoms with Crippen molar-refractivity contribution in [2.75, 3.05) is 9.80 Å². The fourth-order valence-electron chi connectivity index (χ4n) is 8.58. The third-order valence-electron chi connectivity index (χ3n) is 11.4. The van der Waals surface area contributed by atoms with E-state index in [1.165, 1.54) is 33.6 Å². The number of furan rings is 2. The predicted octanol–water partition coefficient (Wildman–Crippen LogP) is 14.5. The molecule has 11 rings (SSSR count). The van der Waals surface area contributed by atoms with Gasteiger partial charge >= 0.3 is 0 Å². The van der Waals surface area contributed by atoms with Gasteiger partial charge in [0.1, 0.15) is 22.3 Å². The first-order valence-corrected chi connectivity index (χ1v) is 19.3. The van der Waals surface area contributed by atoms with Crippen LogP contribution in [0.4, 0.5) is 28.4 Å². The van der Waals surface area contributed by atoms with Gasteiger partial charge in [0.2, 0.25) is 0 Å². The highest BCUT2D eigenvalue weighted by atomic mass is 16.3. The van der Waals surface area contributed by atoms with E-state index in [2.05, 4.69) is 200 Å². The molecule has 4 nitrogen and oxygen atoms in total. The van der Waals surface area contributed by atoms with Gasteiger partial charge in [0.05, 0.1) is 6.04 Å². The average molecular weight is 723 g/mol. The molecule has 1 unspecified atom stereocenters. The first-order chi connectivity index (χ1) is 27.5. The van der Waals surface area contributed by atoms with Crippen LogP contribution in [0.5, 0.6) is 0 Å². The number of hydrogen-bond acceptors (Lipinski definition) is 4. The van der Waals surface area contributed by atoms with Gasteiger partial charge in [-0.25, -0.2) is 0 Å². The maximum absolute atomic E-state index is 6.66. The van der Waals surface area contributed by atoms with E-state index < -0.39 is 0 Å². The van der Waals surface area contributed by atoms with Crippen molar-refractivity contribution >= 4 is 89.2 Å². The lowest BCUT2D eigenvalue weighted by Crippen LogP contribution is -2.32. The largest absolute Gasteiger partial charge is 0.456 e. The molecule has 2 aromatic heterocycles. The molecule has 0 saturated heterocycles. The highest BCUT2D eigenvalue weighted by Crippen LogP contribution is 2.42. The maximum Gasteiger partial charge on any atom is 0.136 e. The summed E-state index contributed by atoms with van der Waals surface area (Å²) in [6.07, 6.45) is 5.50. The van der Waals surface area contributed by atoms with Gasteiger partial charge in [-0.05, 0) is 139 Å². The maximum atomic E-state index is 6.66. The Kier molecular flexibility index (Phi) is 7.39. The molecule has 4 heteroatoms. The number of nitrogens with zero attached hydrogens (tertiary/aromatic N) is 2. The van der Waals surface area contributed by atoms with Crippen molar-refractivity contribution in [2.45, 2.75) is 26.3 Å². The van der Waals surface area contributed by atoms with Crippen LogP contribution in [0.25, 0.3) is 60.7 Å². The Labute approximate surface area is 325 Å². The van der Waals surface area contributed by atoms with Crippen molar-refractivity contribution in [2.24, 2.45) is 0 Å². The van der Waals surface area contributed by atoms with Crippen molar-refractivity contribution in [1.29, 1.82) is 0 Å². The smallest absolute Gasteiger partial charge is 0.136 e. The summed E-state index contributed by atoms with van der Waals surface area (Å²) in [5, 5.41) is 6.61. The molecule has 268 valence electrons. The molecule has 56 heavy (non-hydrogen) atoms. The van der Waals surface area contributed by atoms with Crippen molar-refractivity contribution < 1.29 is 8.83 Å². The van der Waals surface area contributed by atoms with Gasteiger partial charge in [-0.3, -0.25) is 0 Å². The Hall–Kier alpha value is -7.04. The number of fused-ring (bicyclic) bond motifs is 8. The second kappa shape index (κ2) is 12.8. The Morgan fingerprint density at radius 3 is 1.64 bits per heavy atom. The highest BCUT2D eigenvalue weighted by molar-refractivity contribution is 6.17. The lowest BCUT2D eigenvalue weighted by Gasteiger charge is -2.34. The number of hydrogen-bond donors (Lipinski definition) is 0. The fourth-order valence-corrected chi connectivity index (χ4v) is 8.58. The molecule has 0 radical (unpaired) electrons. The summed E-state index contributed by atoms with van der Waals surface area (Å²) in [4.78, 5) is 4.74. The summed E-state index contributed by atoms with van der Waals surface area (Å²) in [7, 11) is 0. The number of anilines is 5. The summed E-state index contributed by atoms with van der Waals surface area (Å²) in [6, 6.07) is 58.9. The van der Waals surface area contributed by atoms with Gasteiger partial charge < -0.3 is 18.6 Å². The second-order valence-electron chi connectivity index (χ2n) is 15.2. The van der Waals surface area contributed by atoms with E-state index in [1.807, 2.05) is 0 Å². The van der Waals surface area contributed by atoms with Gasteiger partial charge in [-0.15, -0.1) is 0 Å². The monoisotopic (exact) mass is 722 g/mol. The summed E-state index contributed by atoms with van der Waals surface area (Å²) in [6.45, 7) is 4.26. The van der Waals surface area contributed by atoms with Gasteiger partial charge in [-0.1, -0.05) is 90.0 Å². The standard InChI is InChI=1S/C52H38N2O2/c1-33-13-19-41(20-14-33)53(39-9-5-3-6-10-39)43-23-17-35-27-45-47-31-52-48(32-51(47)55-49(45)29-37(35)25-43)46-28-36-18-24-44(26-38(36)30-50(46)56-52)54(40-11-7-4-8-12-40)42-21-15-34(2)16-22-42/h3-25,27-32,44H,26H2,1-2H3. The molecule has 0 amide bonds. The van der Waals surface area contributed by atoms with E-state index in [4.69, 9.17) is 8.83 Å². The van der Waals surface area contributed by atoms with E-state index in [9.17, 15) is 0 Å². The van der Waals surface area contributed by atoms with E-state index in [1.54, 1.807) is 0 Å². The Bertz CT molecular complexity index is 3120. The molecule has 0 saturated carbocycles.